The van der Waals surface area contributed by atoms with Crippen molar-refractivity contribution in [3.63, 3.8) is 0 Å². The second-order valence-corrected chi connectivity index (χ2v) is 4.89. The van der Waals surface area contributed by atoms with Gasteiger partial charge in [0, 0.05) is 18.8 Å². The summed E-state index contributed by atoms with van der Waals surface area (Å²) in [6.45, 7) is 1.92. The first-order valence-electron chi connectivity index (χ1n) is 6.52. The molecule has 0 saturated carbocycles. The highest BCUT2D eigenvalue weighted by Crippen LogP contribution is 2.13. The van der Waals surface area contributed by atoms with Crippen molar-refractivity contribution in [3.8, 4) is 0 Å². The van der Waals surface area contributed by atoms with E-state index in [9.17, 15) is 14.7 Å². The van der Waals surface area contributed by atoms with Gasteiger partial charge in [-0.25, -0.2) is 4.79 Å². The van der Waals surface area contributed by atoms with Gasteiger partial charge >= 0.3 is 5.97 Å². The van der Waals surface area contributed by atoms with Crippen molar-refractivity contribution >= 4 is 11.9 Å². The number of hydrogen-bond donors (Lipinski definition) is 2. The number of rotatable bonds is 5. The van der Waals surface area contributed by atoms with E-state index in [-0.39, 0.29) is 12.3 Å². The number of benzene rings is 1. The van der Waals surface area contributed by atoms with Crippen LogP contribution in [0.15, 0.2) is 36.7 Å². The van der Waals surface area contributed by atoms with Gasteiger partial charge in [0.15, 0.2) is 6.04 Å². The van der Waals surface area contributed by atoms with Gasteiger partial charge in [0.1, 0.15) is 0 Å². The third-order valence-electron chi connectivity index (χ3n) is 3.22. The van der Waals surface area contributed by atoms with Crippen molar-refractivity contribution in [2.24, 2.45) is 7.05 Å². The molecule has 0 aliphatic heterocycles. The Morgan fingerprint density at radius 2 is 2.10 bits per heavy atom. The van der Waals surface area contributed by atoms with Crippen LogP contribution in [0.25, 0.3) is 0 Å². The van der Waals surface area contributed by atoms with Gasteiger partial charge < -0.3 is 10.4 Å². The van der Waals surface area contributed by atoms with E-state index in [1.807, 2.05) is 31.2 Å². The highest BCUT2D eigenvalue weighted by molar-refractivity contribution is 5.85. The Morgan fingerprint density at radius 1 is 1.38 bits per heavy atom. The molecule has 2 rings (SSSR count). The number of nitrogens with zero attached hydrogens (tertiary/aromatic N) is 2. The Kier molecular flexibility index (Phi) is 4.37. The predicted molar refractivity (Wildman–Crippen MR) is 76.6 cm³/mol. The molecule has 2 N–H and O–H groups in total. The van der Waals surface area contributed by atoms with Crippen LogP contribution in [0, 0.1) is 6.92 Å². The van der Waals surface area contributed by atoms with Crippen molar-refractivity contribution in [1.29, 1.82) is 0 Å². The summed E-state index contributed by atoms with van der Waals surface area (Å²) in [6.07, 6.45) is 3.16. The van der Waals surface area contributed by atoms with Crippen LogP contribution < -0.4 is 5.32 Å². The first-order chi connectivity index (χ1) is 9.97. The van der Waals surface area contributed by atoms with E-state index in [4.69, 9.17) is 0 Å². The summed E-state index contributed by atoms with van der Waals surface area (Å²) in [4.78, 5) is 23.4. The lowest BCUT2D eigenvalue weighted by Gasteiger charge is -2.13. The lowest BCUT2D eigenvalue weighted by atomic mass is 10.0. The molecule has 1 aromatic heterocycles. The van der Waals surface area contributed by atoms with Gasteiger partial charge in [-0.2, -0.15) is 5.10 Å². The fourth-order valence-corrected chi connectivity index (χ4v) is 2.07. The van der Waals surface area contributed by atoms with Crippen molar-refractivity contribution in [3.05, 3.63) is 53.3 Å². The summed E-state index contributed by atoms with van der Waals surface area (Å²) in [5.41, 5.74) is 2.33. The Labute approximate surface area is 122 Å². The van der Waals surface area contributed by atoms with Crippen LogP contribution in [0.3, 0.4) is 0 Å². The van der Waals surface area contributed by atoms with Crippen LogP contribution in [0.4, 0.5) is 0 Å². The SMILES string of the molecule is Cc1ccccc1CC(=O)NC(C(=O)O)c1cnn(C)c1. The molecule has 110 valence electrons. The monoisotopic (exact) mass is 287 g/mol. The lowest BCUT2D eigenvalue weighted by Crippen LogP contribution is -2.34. The van der Waals surface area contributed by atoms with Crippen molar-refractivity contribution in [2.75, 3.05) is 0 Å². The first-order valence-corrected chi connectivity index (χ1v) is 6.52. The van der Waals surface area contributed by atoms with Crippen molar-refractivity contribution in [1.82, 2.24) is 15.1 Å². The molecule has 1 aromatic carbocycles. The number of hydrogen-bond acceptors (Lipinski definition) is 3. The zero-order valence-corrected chi connectivity index (χ0v) is 11.9. The number of amides is 1. The number of carbonyl (C=O) groups is 2. The molecular formula is C15H17N3O3. The molecule has 1 heterocycles. The van der Waals surface area contributed by atoms with Gasteiger partial charge in [-0.05, 0) is 18.1 Å². The zero-order chi connectivity index (χ0) is 15.4. The average molecular weight is 287 g/mol. The number of nitrogens with one attached hydrogen (secondary N) is 1. The van der Waals surface area contributed by atoms with Crippen molar-refractivity contribution < 1.29 is 14.7 Å². The summed E-state index contributed by atoms with van der Waals surface area (Å²) >= 11 is 0. The second kappa shape index (κ2) is 6.21. The fraction of sp³-hybridized carbons (Fsp3) is 0.267. The summed E-state index contributed by atoms with van der Waals surface area (Å²) in [7, 11) is 1.69. The topological polar surface area (TPSA) is 84.2 Å². The van der Waals surface area contributed by atoms with Gasteiger partial charge in [-0.15, -0.1) is 0 Å². The fourth-order valence-electron chi connectivity index (χ4n) is 2.07. The minimum absolute atomic E-state index is 0.150. The maximum Gasteiger partial charge on any atom is 0.331 e. The van der Waals surface area contributed by atoms with Crippen molar-refractivity contribution in [2.45, 2.75) is 19.4 Å². The molecule has 0 bridgehead atoms. The molecule has 1 amide bonds. The van der Waals surface area contributed by atoms with Gasteiger partial charge in [0.05, 0.1) is 12.6 Å². The standard InChI is InChI=1S/C15H17N3O3/c1-10-5-3-4-6-11(10)7-13(19)17-14(15(20)21)12-8-16-18(2)9-12/h3-6,8-9,14H,7H2,1-2H3,(H,17,19)(H,20,21). The minimum Gasteiger partial charge on any atom is -0.479 e. The number of aliphatic carboxylic acids is 1. The summed E-state index contributed by atoms with van der Waals surface area (Å²) in [5, 5.41) is 15.7. The molecule has 0 radical (unpaired) electrons. The smallest absolute Gasteiger partial charge is 0.331 e. The number of carboxylic acids is 1. The molecule has 2 aromatic rings. The Hall–Kier alpha value is -2.63. The minimum atomic E-state index is -1.11. The zero-order valence-electron chi connectivity index (χ0n) is 11.9. The van der Waals surface area contributed by atoms with Gasteiger partial charge in [0.25, 0.3) is 0 Å². The van der Waals surface area contributed by atoms with Crippen LogP contribution in [0.1, 0.15) is 22.7 Å². The maximum atomic E-state index is 12.1. The molecular weight excluding hydrogens is 270 g/mol. The van der Waals surface area contributed by atoms with Gasteiger partial charge in [0.2, 0.25) is 5.91 Å². The summed E-state index contributed by atoms with van der Waals surface area (Å²) in [5.74, 6) is -1.44. The van der Waals surface area contributed by atoms with E-state index in [1.54, 1.807) is 13.2 Å². The maximum absolute atomic E-state index is 12.1. The molecule has 0 spiro atoms. The number of aryl methyl sites for hydroxylation is 2. The lowest BCUT2D eigenvalue weighted by molar-refractivity contribution is -0.141. The molecule has 0 aliphatic carbocycles. The summed E-state index contributed by atoms with van der Waals surface area (Å²) < 4.78 is 1.50. The highest BCUT2D eigenvalue weighted by atomic mass is 16.4. The molecule has 21 heavy (non-hydrogen) atoms. The molecule has 0 aliphatic rings. The Balaban J connectivity index is 2.09. The number of carboxylic acid groups (broad SMARTS) is 1. The third kappa shape index (κ3) is 3.68. The average Bonchev–Trinajstić information content (AvgIpc) is 2.85. The number of aromatic nitrogens is 2. The normalized spacial score (nSPS) is 11.9. The van der Waals surface area contributed by atoms with Crippen LogP contribution in [-0.4, -0.2) is 26.8 Å². The van der Waals surface area contributed by atoms with Crippen LogP contribution in [0.5, 0.6) is 0 Å². The van der Waals surface area contributed by atoms with Gasteiger partial charge in [-0.1, -0.05) is 24.3 Å². The molecule has 6 heteroatoms. The number of carbonyl (C=O) groups excluding carboxylic acids is 1. The van der Waals surface area contributed by atoms with E-state index in [2.05, 4.69) is 10.4 Å². The molecule has 6 nitrogen and oxygen atoms in total. The second-order valence-electron chi connectivity index (χ2n) is 4.89. The molecule has 0 saturated heterocycles. The molecule has 1 unspecified atom stereocenters. The van der Waals surface area contributed by atoms with Crippen LogP contribution in [-0.2, 0) is 23.1 Å². The van der Waals surface area contributed by atoms with Crippen LogP contribution >= 0.6 is 0 Å². The highest BCUT2D eigenvalue weighted by Gasteiger charge is 2.23. The van der Waals surface area contributed by atoms with E-state index in [0.717, 1.165) is 11.1 Å². The molecule has 1 atom stereocenters. The largest absolute Gasteiger partial charge is 0.479 e. The first kappa shape index (κ1) is 14.8. The molecule has 0 fully saturated rings. The Bertz CT molecular complexity index is 664. The van der Waals surface area contributed by atoms with E-state index >= 15 is 0 Å². The van der Waals surface area contributed by atoms with E-state index in [0.29, 0.717) is 5.56 Å². The third-order valence-corrected chi connectivity index (χ3v) is 3.22. The summed E-state index contributed by atoms with van der Waals surface area (Å²) in [6, 6.07) is 6.43. The van der Waals surface area contributed by atoms with Gasteiger partial charge in [-0.3, -0.25) is 9.48 Å². The predicted octanol–water partition coefficient (Wildman–Crippen LogP) is 1.21. The van der Waals surface area contributed by atoms with E-state index < -0.39 is 12.0 Å². The Morgan fingerprint density at radius 3 is 2.67 bits per heavy atom. The quantitative estimate of drug-likeness (QED) is 0.866. The van der Waals surface area contributed by atoms with E-state index in [1.165, 1.54) is 10.9 Å². The van der Waals surface area contributed by atoms with Crippen LogP contribution in [0.2, 0.25) is 0 Å².